The van der Waals surface area contributed by atoms with Crippen LogP contribution in [0.15, 0.2) is 17.5 Å². The third-order valence-electron chi connectivity index (χ3n) is 1.89. The van der Waals surface area contributed by atoms with Gasteiger partial charge in [0.05, 0.1) is 5.25 Å². The summed E-state index contributed by atoms with van der Waals surface area (Å²) in [4.78, 5) is 1.38. The molecule has 14 heavy (non-hydrogen) atoms. The minimum atomic E-state index is 0.465. The van der Waals surface area contributed by atoms with E-state index in [1.54, 1.807) is 18.4 Å². The van der Waals surface area contributed by atoms with Crippen molar-refractivity contribution in [2.75, 3.05) is 26.0 Å². The van der Waals surface area contributed by atoms with Crippen molar-refractivity contribution in [2.24, 2.45) is 5.73 Å². The second kappa shape index (κ2) is 7.29. The highest BCUT2D eigenvalue weighted by Crippen LogP contribution is 2.31. The average molecular weight is 231 g/mol. The average Bonchev–Trinajstić information content (AvgIpc) is 2.71. The van der Waals surface area contributed by atoms with Gasteiger partial charge in [-0.15, -0.1) is 11.3 Å². The molecule has 1 aromatic rings. The molecule has 0 bridgehead atoms. The van der Waals surface area contributed by atoms with Crippen LogP contribution < -0.4 is 5.73 Å². The van der Waals surface area contributed by atoms with E-state index in [0.717, 1.165) is 25.3 Å². The van der Waals surface area contributed by atoms with E-state index in [1.165, 1.54) is 4.88 Å². The molecule has 1 unspecified atom stereocenters. The number of hydrogen-bond acceptors (Lipinski definition) is 4. The van der Waals surface area contributed by atoms with Crippen molar-refractivity contribution < 1.29 is 4.74 Å². The highest BCUT2D eigenvalue weighted by atomic mass is 32.2. The summed E-state index contributed by atoms with van der Waals surface area (Å²) in [6.07, 6.45) is 1.10. The molecule has 1 atom stereocenters. The summed E-state index contributed by atoms with van der Waals surface area (Å²) in [5.41, 5.74) is 5.73. The summed E-state index contributed by atoms with van der Waals surface area (Å²) in [6, 6.07) is 4.24. The van der Waals surface area contributed by atoms with Gasteiger partial charge in [-0.2, -0.15) is 11.8 Å². The number of methoxy groups -OCH3 is 1. The molecular formula is C10H17NOS2. The van der Waals surface area contributed by atoms with E-state index in [-0.39, 0.29) is 0 Å². The first-order valence-corrected chi connectivity index (χ1v) is 6.65. The van der Waals surface area contributed by atoms with Gasteiger partial charge in [-0.25, -0.2) is 0 Å². The maximum absolute atomic E-state index is 5.73. The summed E-state index contributed by atoms with van der Waals surface area (Å²) in [7, 11) is 1.74. The molecule has 4 heteroatoms. The first-order chi connectivity index (χ1) is 6.88. The highest BCUT2D eigenvalue weighted by Gasteiger charge is 2.10. The summed E-state index contributed by atoms with van der Waals surface area (Å²) in [6.45, 7) is 1.56. The van der Waals surface area contributed by atoms with Gasteiger partial charge in [-0.05, 0) is 23.6 Å². The van der Waals surface area contributed by atoms with Crippen molar-refractivity contribution in [3.8, 4) is 0 Å². The first kappa shape index (κ1) is 12.0. The van der Waals surface area contributed by atoms with Crippen molar-refractivity contribution in [3.05, 3.63) is 22.4 Å². The van der Waals surface area contributed by atoms with Crippen LogP contribution in [0.5, 0.6) is 0 Å². The lowest BCUT2D eigenvalue weighted by Gasteiger charge is -2.11. The Balaban J connectivity index is 2.26. The predicted octanol–water partition coefficient (Wildman–Crippen LogP) is 2.52. The molecule has 1 rings (SSSR count). The lowest BCUT2D eigenvalue weighted by atomic mass is 10.3. The maximum Gasteiger partial charge on any atom is 0.0513 e. The number of rotatable bonds is 7. The van der Waals surface area contributed by atoms with Gasteiger partial charge in [0, 0.05) is 25.1 Å². The molecule has 2 nitrogen and oxygen atoms in total. The predicted molar refractivity (Wildman–Crippen MR) is 65.1 cm³/mol. The number of nitrogens with two attached hydrogens (primary N) is 1. The summed E-state index contributed by atoms with van der Waals surface area (Å²) < 4.78 is 5.01. The molecule has 2 N–H and O–H groups in total. The Morgan fingerprint density at radius 3 is 3.07 bits per heavy atom. The Morgan fingerprint density at radius 1 is 1.64 bits per heavy atom. The first-order valence-electron chi connectivity index (χ1n) is 4.72. The molecular weight excluding hydrogens is 214 g/mol. The number of ether oxygens (including phenoxy) is 1. The van der Waals surface area contributed by atoms with E-state index in [4.69, 9.17) is 10.5 Å². The van der Waals surface area contributed by atoms with E-state index < -0.39 is 0 Å². The molecule has 80 valence electrons. The normalized spacial score (nSPS) is 13.0. The van der Waals surface area contributed by atoms with E-state index in [2.05, 4.69) is 17.5 Å². The molecule has 0 aliphatic carbocycles. The van der Waals surface area contributed by atoms with Gasteiger partial charge in [-0.3, -0.25) is 0 Å². The third kappa shape index (κ3) is 4.00. The van der Waals surface area contributed by atoms with Gasteiger partial charge in [-0.1, -0.05) is 6.07 Å². The van der Waals surface area contributed by atoms with Crippen LogP contribution in [-0.4, -0.2) is 26.0 Å². The van der Waals surface area contributed by atoms with Crippen molar-refractivity contribution in [1.29, 1.82) is 0 Å². The SMILES string of the molecule is COCCCSC(CN)c1cccs1. The van der Waals surface area contributed by atoms with Crippen LogP contribution in [0, 0.1) is 0 Å². The summed E-state index contributed by atoms with van der Waals surface area (Å²) >= 11 is 3.71. The van der Waals surface area contributed by atoms with Gasteiger partial charge in [0.2, 0.25) is 0 Å². The Morgan fingerprint density at radius 2 is 2.50 bits per heavy atom. The quantitative estimate of drug-likeness (QED) is 0.732. The van der Waals surface area contributed by atoms with Crippen LogP contribution >= 0.6 is 23.1 Å². The zero-order chi connectivity index (χ0) is 10.2. The molecule has 0 radical (unpaired) electrons. The fourth-order valence-electron chi connectivity index (χ4n) is 1.17. The van der Waals surface area contributed by atoms with Gasteiger partial charge < -0.3 is 10.5 Å². The Hall–Kier alpha value is -0.0300. The highest BCUT2D eigenvalue weighted by molar-refractivity contribution is 7.99. The molecule has 0 spiro atoms. The minimum absolute atomic E-state index is 0.465. The molecule has 1 heterocycles. The summed E-state index contributed by atoms with van der Waals surface area (Å²) in [5.74, 6) is 1.12. The monoisotopic (exact) mass is 231 g/mol. The number of hydrogen-bond donors (Lipinski definition) is 1. The molecule has 0 aliphatic rings. The molecule has 0 fully saturated rings. The third-order valence-corrected chi connectivity index (χ3v) is 4.39. The second-order valence-corrected chi connectivity index (χ2v) is 5.25. The van der Waals surface area contributed by atoms with Crippen LogP contribution in [-0.2, 0) is 4.74 Å². The zero-order valence-corrected chi connectivity index (χ0v) is 10.1. The molecule has 0 aliphatic heterocycles. The molecule has 0 aromatic carbocycles. The van der Waals surface area contributed by atoms with Crippen molar-refractivity contribution in [2.45, 2.75) is 11.7 Å². The molecule has 0 saturated heterocycles. The smallest absolute Gasteiger partial charge is 0.0513 e. The van der Waals surface area contributed by atoms with Crippen LogP contribution in [0.1, 0.15) is 16.5 Å². The number of thioether (sulfide) groups is 1. The van der Waals surface area contributed by atoms with Crippen molar-refractivity contribution >= 4 is 23.1 Å². The fraction of sp³-hybridized carbons (Fsp3) is 0.600. The lowest BCUT2D eigenvalue weighted by molar-refractivity contribution is 0.200. The zero-order valence-electron chi connectivity index (χ0n) is 8.44. The topological polar surface area (TPSA) is 35.2 Å². The van der Waals surface area contributed by atoms with Crippen molar-refractivity contribution in [1.82, 2.24) is 0 Å². The Labute approximate surface area is 93.8 Å². The van der Waals surface area contributed by atoms with E-state index in [0.29, 0.717) is 5.25 Å². The Bertz CT molecular complexity index is 226. The second-order valence-electron chi connectivity index (χ2n) is 2.96. The standard InChI is InChI=1S/C10H17NOS2/c1-12-5-3-7-14-10(8-11)9-4-2-6-13-9/h2,4,6,10H,3,5,7-8,11H2,1H3. The lowest BCUT2D eigenvalue weighted by Crippen LogP contribution is -2.09. The van der Waals surface area contributed by atoms with Gasteiger partial charge >= 0.3 is 0 Å². The molecule has 0 saturated carbocycles. The molecule has 0 amide bonds. The van der Waals surface area contributed by atoms with E-state index >= 15 is 0 Å². The van der Waals surface area contributed by atoms with Gasteiger partial charge in [0.15, 0.2) is 0 Å². The van der Waals surface area contributed by atoms with E-state index in [1.807, 2.05) is 11.8 Å². The van der Waals surface area contributed by atoms with Crippen LogP contribution in [0.2, 0.25) is 0 Å². The van der Waals surface area contributed by atoms with Crippen molar-refractivity contribution in [3.63, 3.8) is 0 Å². The largest absolute Gasteiger partial charge is 0.385 e. The molecule has 1 aromatic heterocycles. The van der Waals surface area contributed by atoms with Gasteiger partial charge in [0.1, 0.15) is 0 Å². The summed E-state index contributed by atoms with van der Waals surface area (Å²) in [5, 5.41) is 2.57. The fourth-order valence-corrected chi connectivity index (χ4v) is 3.21. The van der Waals surface area contributed by atoms with E-state index in [9.17, 15) is 0 Å². The Kier molecular flexibility index (Phi) is 6.27. The van der Waals surface area contributed by atoms with Crippen LogP contribution in [0.25, 0.3) is 0 Å². The van der Waals surface area contributed by atoms with Crippen LogP contribution in [0.4, 0.5) is 0 Å². The number of thiophene rings is 1. The minimum Gasteiger partial charge on any atom is -0.385 e. The van der Waals surface area contributed by atoms with Crippen LogP contribution in [0.3, 0.4) is 0 Å². The van der Waals surface area contributed by atoms with Gasteiger partial charge in [0.25, 0.3) is 0 Å². The maximum atomic E-state index is 5.73.